The Morgan fingerprint density at radius 1 is 1.24 bits per heavy atom. The molecule has 1 aromatic carbocycles. The van der Waals surface area contributed by atoms with Gasteiger partial charge in [-0.15, -0.1) is 0 Å². The monoisotopic (exact) mass is 296 g/mol. The average Bonchev–Trinajstić information content (AvgIpc) is 2.37. The summed E-state index contributed by atoms with van der Waals surface area (Å²) in [7, 11) is 0. The highest BCUT2D eigenvalue weighted by atomic mass is 79.9. The van der Waals surface area contributed by atoms with Crippen molar-refractivity contribution in [1.82, 2.24) is 15.4 Å². The van der Waals surface area contributed by atoms with Crippen molar-refractivity contribution in [2.24, 2.45) is 5.84 Å². The van der Waals surface area contributed by atoms with E-state index in [1.54, 1.807) is 36.7 Å². The van der Waals surface area contributed by atoms with Gasteiger partial charge in [0.1, 0.15) is 11.9 Å². The van der Waals surface area contributed by atoms with Gasteiger partial charge in [-0.25, -0.2) is 19.8 Å². The molecule has 2 rings (SSSR count). The smallest absolute Gasteiger partial charge is 0.151 e. The van der Waals surface area contributed by atoms with Crippen molar-refractivity contribution in [3.63, 3.8) is 0 Å². The number of aromatic nitrogens is 2. The fourth-order valence-electron chi connectivity index (χ4n) is 1.51. The lowest BCUT2D eigenvalue weighted by Crippen LogP contribution is -2.30. The van der Waals surface area contributed by atoms with Crippen molar-refractivity contribution in [1.29, 1.82) is 0 Å². The molecular weight excluding hydrogens is 287 g/mol. The summed E-state index contributed by atoms with van der Waals surface area (Å²) in [6.07, 6.45) is 3.17. The minimum Gasteiger partial charge on any atom is -0.270 e. The van der Waals surface area contributed by atoms with Gasteiger partial charge in [-0.05, 0) is 28.1 Å². The quantitative estimate of drug-likeness (QED) is 0.671. The van der Waals surface area contributed by atoms with Crippen LogP contribution in [-0.4, -0.2) is 9.97 Å². The van der Waals surface area contributed by atoms with E-state index in [4.69, 9.17) is 5.84 Å². The topological polar surface area (TPSA) is 63.8 Å². The molecule has 0 aliphatic carbocycles. The van der Waals surface area contributed by atoms with E-state index < -0.39 is 6.04 Å². The number of hydrogen-bond donors (Lipinski definition) is 2. The maximum Gasteiger partial charge on any atom is 0.151 e. The van der Waals surface area contributed by atoms with E-state index in [-0.39, 0.29) is 5.82 Å². The first kappa shape index (κ1) is 12.1. The second-order valence-electron chi connectivity index (χ2n) is 3.35. The Bertz CT molecular complexity index is 506. The molecule has 4 nitrogen and oxygen atoms in total. The molecule has 0 bridgehead atoms. The minimum absolute atomic E-state index is 0.372. The molecule has 1 aromatic heterocycles. The molecule has 0 aliphatic heterocycles. The van der Waals surface area contributed by atoms with Crippen LogP contribution in [0.4, 0.5) is 4.39 Å². The van der Waals surface area contributed by atoms with E-state index >= 15 is 0 Å². The number of benzene rings is 1. The van der Waals surface area contributed by atoms with Crippen LogP contribution < -0.4 is 11.3 Å². The summed E-state index contributed by atoms with van der Waals surface area (Å²) < 4.78 is 14.3. The van der Waals surface area contributed by atoms with Gasteiger partial charge in [-0.2, -0.15) is 0 Å². The molecule has 0 amide bonds. The van der Waals surface area contributed by atoms with Crippen LogP contribution in [0.2, 0.25) is 0 Å². The van der Waals surface area contributed by atoms with E-state index in [2.05, 4.69) is 31.3 Å². The van der Waals surface area contributed by atoms with Gasteiger partial charge in [0, 0.05) is 18.0 Å². The number of nitrogens with one attached hydrogen (secondary N) is 1. The number of nitrogens with two attached hydrogens (primary N) is 1. The highest BCUT2D eigenvalue weighted by molar-refractivity contribution is 9.10. The molecule has 1 heterocycles. The first-order chi connectivity index (χ1) is 8.24. The van der Waals surface area contributed by atoms with E-state index in [9.17, 15) is 4.39 Å². The van der Waals surface area contributed by atoms with Gasteiger partial charge < -0.3 is 0 Å². The summed E-state index contributed by atoms with van der Waals surface area (Å²) in [5.41, 5.74) is 2.91. The summed E-state index contributed by atoms with van der Waals surface area (Å²) in [6, 6.07) is 6.11. The van der Waals surface area contributed by atoms with E-state index in [0.717, 1.165) is 0 Å². The Kier molecular flexibility index (Phi) is 3.78. The SMILES string of the molecule is NNC(c1ncccn1)c1cccc(Br)c1F. The molecule has 0 saturated carbocycles. The Morgan fingerprint density at radius 3 is 2.59 bits per heavy atom. The molecular formula is C11H10BrFN4. The molecule has 1 atom stereocenters. The minimum atomic E-state index is -0.575. The molecule has 0 saturated heterocycles. The lowest BCUT2D eigenvalue weighted by Gasteiger charge is -2.15. The highest BCUT2D eigenvalue weighted by Gasteiger charge is 2.19. The van der Waals surface area contributed by atoms with E-state index in [1.807, 2.05) is 0 Å². The number of rotatable bonds is 3. The van der Waals surface area contributed by atoms with E-state index in [0.29, 0.717) is 15.9 Å². The second-order valence-corrected chi connectivity index (χ2v) is 4.20. The predicted molar refractivity (Wildman–Crippen MR) is 65.3 cm³/mol. The third kappa shape index (κ3) is 2.49. The molecule has 17 heavy (non-hydrogen) atoms. The number of halogens is 2. The van der Waals surface area contributed by atoms with Crippen molar-refractivity contribution < 1.29 is 4.39 Å². The van der Waals surface area contributed by atoms with Gasteiger partial charge in [0.05, 0.1) is 4.47 Å². The molecule has 3 N–H and O–H groups in total. The van der Waals surface area contributed by atoms with Crippen molar-refractivity contribution in [2.75, 3.05) is 0 Å². The summed E-state index contributed by atoms with van der Waals surface area (Å²) in [5.74, 6) is 5.49. The summed E-state index contributed by atoms with van der Waals surface area (Å²) in [5, 5.41) is 0. The van der Waals surface area contributed by atoms with Gasteiger partial charge in [-0.3, -0.25) is 5.84 Å². The first-order valence-corrected chi connectivity index (χ1v) is 5.70. The fourth-order valence-corrected chi connectivity index (χ4v) is 1.89. The van der Waals surface area contributed by atoms with Crippen LogP contribution >= 0.6 is 15.9 Å². The van der Waals surface area contributed by atoms with Crippen molar-refractivity contribution in [3.05, 3.63) is 58.3 Å². The normalized spacial score (nSPS) is 12.4. The second kappa shape index (κ2) is 5.31. The zero-order chi connectivity index (χ0) is 12.3. The molecule has 2 aromatic rings. The van der Waals surface area contributed by atoms with Gasteiger partial charge in [0.15, 0.2) is 5.82 Å². The van der Waals surface area contributed by atoms with Crippen LogP contribution in [0.15, 0.2) is 41.1 Å². The average molecular weight is 297 g/mol. The third-order valence-corrected chi connectivity index (χ3v) is 2.92. The van der Waals surface area contributed by atoms with Crippen LogP contribution in [0.1, 0.15) is 17.4 Å². The highest BCUT2D eigenvalue weighted by Crippen LogP contribution is 2.25. The molecule has 0 radical (unpaired) electrons. The molecule has 0 spiro atoms. The maximum absolute atomic E-state index is 13.9. The van der Waals surface area contributed by atoms with Crippen molar-refractivity contribution in [3.8, 4) is 0 Å². The lowest BCUT2D eigenvalue weighted by atomic mass is 10.1. The van der Waals surface area contributed by atoms with Crippen LogP contribution in [0.3, 0.4) is 0 Å². The largest absolute Gasteiger partial charge is 0.270 e. The van der Waals surface area contributed by atoms with Gasteiger partial charge in [-0.1, -0.05) is 12.1 Å². The number of hydrazine groups is 1. The Balaban J connectivity index is 2.46. The molecule has 88 valence electrons. The summed E-state index contributed by atoms with van der Waals surface area (Å²) in [6.45, 7) is 0. The zero-order valence-corrected chi connectivity index (χ0v) is 10.4. The third-order valence-electron chi connectivity index (χ3n) is 2.30. The lowest BCUT2D eigenvalue weighted by molar-refractivity contribution is 0.540. The fraction of sp³-hybridized carbons (Fsp3) is 0.0909. The Morgan fingerprint density at radius 2 is 1.94 bits per heavy atom. The predicted octanol–water partition coefficient (Wildman–Crippen LogP) is 1.93. The molecule has 1 unspecified atom stereocenters. The van der Waals surface area contributed by atoms with Crippen LogP contribution in [-0.2, 0) is 0 Å². The van der Waals surface area contributed by atoms with Gasteiger partial charge in [0.25, 0.3) is 0 Å². The number of nitrogens with zero attached hydrogens (tertiary/aromatic N) is 2. The molecule has 0 fully saturated rings. The number of hydrogen-bond acceptors (Lipinski definition) is 4. The van der Waals surface area contributed by atoms with Crippen molar-refractivity contribution >= 4 is 15.9 Å². The van der Waals surface area contributed by atoms with Crippen LogP contribution in [0, 0.1) is 5.82 Å². The molecule has 6 heteroatoms. The van der Waals surface area contributed by atoms with Crippen molar-refractivity contribution in [2.45, 2.75) is 6.04 Å². The van der Waals surface area contributed by atoms with E-state index in [1.165, 1.54) is 0 Å². The summed E-state index contributed by atoms with van der Waals surface area (Å²) in [4.78, 5) is 8.12. The van der Waals surface area contributed by atoms with Crippen LogP contribution in [0.25, 0.3) is 0 Å². The first-order valence-electron chi connectivity index (χ1n) is 4.91. The molecule has 0 aliphatic rings. The van der Waals surface area contributed by atoms with Gasteiger partial charge in [0.2, 0.25) is 0 Å². The zero-order valence-electron chi connectivity index (χ0n) is 8.77. The maximum atomic E-state index is 13.9. The standard InChI is InChI=1S/C11H10BrFN4/c12-8-4-1-3-7(9(8)13)10(17-14)11-15-5-2-6-16-11/h1-6,10,17H,14H2. The summed E-state index contributed by atoms with van der Waals surface area (Å²) >= 11 is 3.13. The Hall–Kier alpha value is -1.37. The Labute approximate surface area is 106 Å². The van der Waals surface area contributed by atoms with Crippen LogP contribution in [0.5, 0.6) is 0 Å². The van der Waals surface area contributed by atoms with Gasteiger partial charge >= 0.3 is 0 Å².